The molecule has 0 radical (unpaired) electrons. The number of nitro benzene ring substituents is 1. The molecule has 0 saturated heterocycles. The number of nitro groups is 1. The molecular weight excluding hydrogens is 476 g/mol. The molecule has 3 aromatic rings. The SMILES string of the molecule is COc1ccc([N+](=O)[O-])cc1/C=N\NC(=O)CN(c1ccccc1OC)S(=O)(=O)c1ccccc1. The number of hydrogen-bond acceptors (Lipinski definition) is 8. The summed E-state index contributed by atoms with van der Waals surface area (Å²) < 4.78 is 38.1. The Hall–Kier alpha value is -4.45. The molecule has 1 amide bonds. The largest absolute Gasteiger partial charge is 0.496 e. The van der Waals surface area contributed by atoms with Gasteiger partial charge in [0.25, 0.3) is 21.6 Å². The Kier molecular flexibility index (Phi) is 8.00. The van der Waals surface area contributed by atoms with Gasteiger partial charge >= 0.3 is 0 Å². The van der Waals surface area contributed by atoms with Crippen molar-refractivity contribution in [1.29, 1.82) is 0 Å². The van der Waals surface area contributed by atoms with Gasteiger partial charge < -0.3 is 9.47 Å². The molecule has 0 aliphatic heterocycles. The van der Waals surface area contributed by atoms with Gasteiger partial charge in [-0.15, -0.1) is 0 Å². The first-order valence-electron chi connectivity index (χ1n) is 10.1. The summed E-state index contributed by atoms with van der Waals surface area (Å²) in [7, 11) is -1.36. The summed E-state index contributed by atoms with van der Waals surface area (Å²) in [6, 6.07) is 18.0. The van der Waals surface area contributed by atoms with Gasteiger partial charge in [-0.25, -0.2) is 13.8 Å². The lowest BCUT2D eigenvalue weighted by Gasteiger charge is -2.25. The van der Waals surface area contributed by atoms with Crippen LogP contribution in [0, 0.1) is 10.1 Å². The number of nitrogens with one attached hydrogen (secondary N) is 1. The van der Waals surface area contributed by atoms with Gasteiger partial charge in [-0.05, 0) is 30.3 Å². The summed E-state index contributed by atoms with van der Waals surface area (Å²) in [5.74, 6) is -0.198. The van der Waals surface area contributed by atoms with E-state index in [1.165, 1.54) is 56.8 Å². The molecule has 0 aromatic heterocycles. The van der Waals surface area contributed by atoms with Crippen LogP contribution in [0.2, 0.25) is 0 Å². The molecule has 0 fully saturated rings. The standard InChI is InChI=1S/C23H22N4O7S/c1-33-21-13-12-18(27(29)30)14-17(21)15-24-25-23(28)16-26(20-10-6-7-11-22(20)34-2)35(31,32)19-8-4-3-5-9-19/h3-15H,16H2,1-2H3,(H,25,28)/b24-15-. The minimum Gasteiger partial charge on any atom is -0.496 e. The van der Waals surface area contributed by atoms with E-state index >= 15 is 0 Å². The molecule has 3 rings (SSSR count). The molecule has 35 heavy (non-hydrogen) atoms. The van der Waals surface area contributed by atoms with Crippen LogP contribution in [0.25, 0.3) is 0 Å². The van der Waals surface area contributed by atoms with Gasteiger partial charge in [0.15, 0.2) is 0 Å². The lowest BCUT2D eigenvalue weighted by atomic mass is 10.2. The second-order valence-electron chi connectivity index (χ2n) is 6.97. The predicted octanol–water partition coefficient (Wildman–Crippen LogP) is 2.96. The molecule has 12 heteroatoms. The van der Waals surface area contributed by atoms with Crippen LogP contribution in [0.1, 0.15) is 5.56 Å². The third-order valence-electron chi connectivity index (χ3n) is 4.79. The first-order valence-corrected chi connectivity index (χ1v) is 11.6. The molecular formula is C23H22N4O7S. The maximum absolute atomic E-state index is 13.4. The Morgan fingerprint density at radius 3 is 2.34 bits per heavy atom. The van der Waals surface area contributed by atoms with Gasteiger partial charge in [-0.2, -0.15) is 5.10 Å². The molecule has 0 saturated carbocycles. The first-order chi connectivity index (χ1) is 16.8. The third kappa shape index (κ3) is 5.92. The molecule has 0 aliphatic rings. The normalized spacial score (nSPS) is 11.1. The quantitative estimate of drug-likeness (QED) is 0.257. The van der Waals surface area contributed by atoms with Crippen LogP contribution in [-0.2, 0) is 14.8 Å². The van der Waals surface area contributed by atoms with E-state index in [0.717, 1.165) is 4.31 Å². The van der Waals surface area contributed by atoms with E-state index in [4.69, 9.17) is 9.47 Å². The van der Waals surface area contributed by atoms with E-state index in [9.17, 15) is 23.3 Å². The Bertz CT molecular complexity index is 1340. The van der Waals surface area contributed by atoms with Crippen molar-refractivity contribution >= 4 is 33.5 Å². The fourth-order valence-electron chi connectivity index (χ4n) is 3.13. The van der Waals surface area contributed by atoms with Crippen molar-refractivity contribution in [1.82, 2.24) is 5.43 Å². The van der Waals surface area contributed by atoms with Gasteiger partial charge in [0.1, 0.15) is 18.0 Å². The number of hydrazone groups is 1. The number of sulfonamides is 1. The Labute approximate surface area is 201 Å². The molecule has 0 spiro atoms. The highest BCUT2D eigenvalue weighted by Gasteiger charge is 2.29. The number of anilines is 1. The second kappa shape index (κ2) is 11.1. The monoisotopic (exact) mass is 498 g/mol. The van der Waals surface area contributed by atoms with Gasteiger partial charge in [-0.1, -0.05) is 30.3 Å². The Morgan fingerprint density at radius 2 is 1.69 bits per heavy atom. The molecule has 0 unspecified atom stereocenters. The van der Waals surface area contributed by atoms with Crippen molar-refractivity contribution in [2.24, 2.45) is 5.10 Å². The molecule has 0 bridgehead atoms. The van der Waals surface area contributed by atoms with Crippen molar-refractivity contribution in [3.05, 3.63) is 88.5 Å². The number of amides is 1. The second-order valence-corrected chi connectivity index (χ2v) is 8.84. The lowest BCUT2D eigenvalue weighted by Crippen LogP contribution is -2.39. The minimum atomic E-state index is -4.14. The number of para-hydroxylation sites is 2. The van der Waals surface area contributed by atoms with E-state index < -0.39 is 27.4 Å². The maximum atomic E-state index is 13.4. The van der Waals surface area contributed by atoms with Crippen LogP contribution in [0.3, 0.4) is 0 Å². The molecule has 1 N–H and O–H groups in total. The van der Waals surface area contributed by atoms with Gasteiger partial charge in [0.05, 0.1) is 35.9 Å². The molecule has 11 nitrogen and oxygen atoms in total. The predicted molar refractivity (Wildman–Crippen MR) is 129 cm³/mol. The summed E-state index contributed by atoms with van der Waals surface area (Å²) >= 11 is 0. The van der Waals surface area contributed by atoms with E-state index in [1.807, 2.05) is 0 Å². The average Bonchev–Trinajstić information content (AvgIpc) is 2.87. The van der Waals surface area contributed by atoms with Gasteiger partial charge in [0, 0.05) is 17.7 Å². The number of rotatable bonds is 10. The number of benzene rings is 3. The fourth-order valence-corrected chi connectivity index (χ4v) is 4.58. The molecule has 0 atom stereocenters. The van der Waals surface area contributed by atoms with Crippen molar-refractivity contribution in [2.45, 2.75) is 4.90 Å². The van der Waals surface area contributed by atoms with Gasteiger partial charge in [-0.3, -0.25) is 19.2 Å². The summed E-state index contributed by atoms with van der Waals surface area (Å²) in [6.45, 7) is -0.610. The van der Waals surface area contributed by atoms with Gasteiger partial charge in [0.2, 0.25) is 0 Å². The molecule has 0 aliphatic carbocycles. The topological polar surface area (TPSA) is 140 Å². The summed E-state index contributed by atoms with van der Waals surface area (Å²) in [5.41, 5.74) is 2.48. The Balaban J connectivity index is 1.88. The lowest BCUT2D eigenvalue weighted by molar-refractivity contribution is -0.384. The minimum absolute atomic E-state index is 0.0106. The Morgan fingerprint density at radius 1 is 1.03 bits per heavy atom. The number of non-ortho nitro benzene ring substituents is 1. The van der Waals surface area contributed by atoms with Crippen molar-refractivity contribution in [3.8, 4) is 11.5 Å². The van der Waals surface area contributed by atoms with Crippen LogP contribution in [0.5, 0.6) is 11.5 Å². The van der Waals surface area contributed by atoms with E-state index in [-0.39, 0.29) is 27.6 Å². The average molecular weight is 499 g/mol. The zero-order chi connectivity index (χ0) is 25.4. The zero-order valence-corrected chi connectivity index (χ0v) is 19.6. The number of methoxy groups -OCH3 is 2. The number of ether oxygens (including phenoxy) is 2. The van der Waals surface area contributed by atoms with E-state index in [2.05, 4.69) is 10.5 Å². The highest BCUT2D eigenvalue weighted by molar-refractivity contribution is 7.92. The number of hydrogen-bond donors (Lipinski definition) is 1. The van der Waals surface area contributed by atoms with Crippen LogP contribution >= 0.6 is 0 Å². The summed E-state index contributed by atoms with van der Waals surface area (Å²) in [6.07, 6.45) is 1.17. The van der Waals surface area contributed by atoms with Crippen LogP contribution < -0.4 is 19.2 Å². The zero-order valence-electron chi connectivity index (χ0n) is 18.8. The van der Waals surface area contributed by atoms with Crippen LogP contribution in [0.4, 0.5) is 11.4 Å². The van der Waals surface area contributed by atoms with Crippen molar-refractivity contribution in [2.75, 3.05) is 25.1 Å². The summed E-state index contributed by atoms with van der Waals surface area (Å²) in [5, 5.41) is 14.8. The van der Waals surface area contributed by atoms with E-state index in [0.29, 0.717) is 5.75 Å². The fraction of sp³-hybridized carbons (Fsp3) is 0.130. The summed E-state index contributed by atoms with van der Waals surface area (Å²) in [4.78, 5) is 23.2. The highest BCUT2D eigenvalue weighted by Crippen LogP contribution is 2.32. The van der Waals surface area contributed by atoms with Crippen molar-refractivity contribution < 1.29 is 27.6 Å². The third-order valence-corrected chi connectivity index (χ3v) is 6.56. The highest BCUT2D eigenvalue weighted by atomic mass is 32.2. The van der Waals surface area contributed by atoms with Crippen LogP contribution in [0.15, 0.2) is 82.8 Å². The smallest absolute Gasteiger partial charge is 0.270 e. The number of carbonyl (C=O) groups is 1. The molecule has 3 aromatic carbocycles. The molecule has 182 valence electrons. The first kappa shape index (κ1) is 25.2. The maximum Gasteiger partial charge on any atom is 0.270 e. The van der Waals surface area contributed by atoms with E-state index in [1.54, 1.807) is 36.4 Å². The van der Waals surface area contributed by atoms with Crippen molar-refractivity contribution in [3.63, 3.8) is 0 Å². The number of nitrogens with zero attached hydrogens (tertiary/aromatic N) is 3. The van der Waals surface area contributed by atoms with Crippen LogP contribution in [-0.4, -0.2) is 46.2 Å². The molecule has 0 heterocycles. The number of carbonyl (C=O) groups excluding carboxylic acids is 1.